The van der Waals surface area contributed by atoms with Crippen LogP contribution in [-0.2, 0) is 13.0 Å². The molecule has 0 atom stereocenters. The molecule has 1 aliphatic rings. The maximum Gasteiger partial charge on any atom is 0.258 e. The van der Waals surface area contributed by atoms with E-state index in [0.29, 0.717) is 17.7 Å². The van der Waals surface area contributed by atoms with E-state index in [1.54, 1.807) is 17.6 Å². The summed E-state index contributed by atoms with van der Waals surface area (Å²) in [4.78, 5) is 24.8. The molecule has 1 aliphatic heterocycles. The Morgan fingerprint density at radius 2 is 1.83 bits per heavy atom. The second-order valence-corrected chi connectivity index (χ2v) is 6.10. The third-order valence-corrected chi connectivity index (χ3v) is 4.64. The molecule has 3 heteroatoms. The third-order valence-electron chi connectivity index (χ3n) is 4.64. The van der Waals surface area contributed by atoms with Gasteiger partial charge in [-0.05, 0) is 48.2 Å². The highest BCUT2D eigenvalue weighted by Crippen LogP contribution is 2.26. The first-order chi connectivity index (χ1) is 11.1. The molecule has 2 heterocycles. The summed E-state index contributed by atoms with van der Waals surface area (Å²) in [5, 5.41) is 2.24. The molecule has 0 spiro atoms. The van der Waals surface area contributed by atoms with Gasteiger partial charge in [0.15, 0.2) is 5.78 Å². The smallest absolute Gasteiger partial charge is 0.258 e. The summed E-state index contributed by atoms with van der Waals surface area (Å²) >= 11 is 0. The molecule has 0 fully saturated rings. The molecule has 3 nitrogen and oxygen atoms in total. The van der Waals surface area contributed by atoms with Gasteiger partial charge in [0.2, 0.25) is 0 Å². The van der Waals surface area contributed by atoms with Gasteiger partial charge >= 0.3 is 0 Å². The predicted octanol–water partition coefficient (Wildman–Crippen LogP) is 3.82. The maximum absolute atomic E-state index is 12.8. The van der Waals surface area contributed by atoms with Crippen molar-refractivity contribution >= 4 is 16.6 Å². The Labute approximate surface area is 134 Å². The molecule has 23 heavy (non-hydrogen) atoms. The van der Waals surface area contributed by atoms with E-state index in [1.807, 2.05) is 36.4 Å². The number of benzene rings is 2. The molecule has 0 unspecified atom stereocenters. The normalized spacial score (nSPS) is 13.3. The van der Waals surface area contributed by atoms with Crippen LogP contribution in [0.1, 0.15) is 29.4 Å². The van der Waals surface area contributed by atoms with Gasteiger partial charge < -0.3 is 4.57 Å². The number of aromatic nitrogens is 1. The van der Waals surface area contributed by atoms with E-state index in [0.717, 1.165) is 34.9 Å². The zero-order valence-electron chi connectivity index (χ0n) is 13.0. The molecule has 1 aromatic heterocycles. The number of nitrogens with zero attached hydrogens (tertiary/aromatic N) is 1. The van der Waals surface area contributed by atoms with Crippen LogP contribution in [0, 0.1) is 0 Å². The molecule has 0 radical (unpaired) electrons. The SMILES string of the molecule is CC(=O)c1cc(-c2ccc3ccccc3c2)c(=O)n2c1CCC2. The van der Waals surface area contributed by atoms with Gasteiger partial charge in [-0.1, -0.05) is 36.4 Å². The van der Waals surface area contributed by atoms with Gasteiger partial charge in [0.05, 0.1) is 0 Å². The predicted molar refractivity (Wildman–Crippen MR) is 92.0 cm³/mol. The number of carbonyl (C=O) groups excluding carboxylic acids is 1. The van der Waals surface area contributed by atoms with E-state index in [2.05, 4.69) is 6.07 Å². The Balaban J connectivity index is 1.99. The molecule has 0 bridgehead atoms. The number of Topliss-reactive ketones (excluding diaryl/α,β-unsaturated/α-hetero) is 1. The lowest BCUT2D eigenvalue weighted by Crippen LogP contribution is -2.23. The molecular weight excluding hydrogens is 286 g/mol. The van der Waals surface area contributed by atoms with Crippen LogP contribution >= 0.6 is 0 Å². The number of ketones is 1. The summed E-state index contributed by atoms with van der Waals surface area (Å²) in [7, 11) is 0. The van der Waals surface area contributed by atoms with Crippen molar-refractivity contribution in [2.75, 3.05) is 0 Å². The average molecular weight is 303 g/mol. The van der Waals surface area contributed by atoms with Crippen LogP contribution in [0.5, 0.6) is 0 Å². The molecular formula is C20H17NO2. The third kappa shape index (κ3) is 2.20. The van der Waals surface area contributed by atoms with Gasteiger partial charge in [-0.3, -0.25) is 9.59 Å². The number of hydrogen-bond donors (Lipinski definition) is 0. The number of pyridine rings is 1. The summed E-state index contributed by atoms with van der Waals surface area (Å²) in [6.07, 6.45) is 1.73. The number of rotatable bonds is 2. The van der Waals surface area contributed by atoms with Crippen LogP contribution in [0.3, 0.4) is 0 Å². The van der Waals surface area contributed by atoms with Crippen LogP contribution in [0.2, 0.25) is 0 Å². The Morgan fingerprint density at radius 1 is 1.04 bits per heavy atom. The van der Waals surface area contributed by atoms with Gasteiger partial charge in [0, 0.05) is 23.4 Å². The van der Waals surface area contributed by atoms with E-state index in [9.17, 15) is 9.59 Å². The Bertz CT molecular complexity index is 998. The van der Waals surface area contributed by atoms with Gasteiger partial charge in [0.25, 0.3) is 5.56 Å². The summed E-state index contributed by atoms with van der Waals surface area (Å²) in [5.74, 6) is 0.0256. The molecule has 0 aliphatic carbocycles. The quantitative estimate of drug-likeness (QED) is 0.675. The Kier molecular flexibility index (Phi) is 3.15. The molecule has 3 aromatic rings. The first kappa shape index (κ1) is 13.9. The number of hydrogen-bond acceptors (Lipinski definition) is 2. The first-order valence-corrected chi connectivity index (χ1v) is 7.92. The lowest BCUT2D eigenvalue weighted by atomic mass is 9.99. The van der Waals surface area contributed by atoms with Crippen molar-refractivity contribution < 1.29 is 4.79 Å². The molecule has 0 N–H and O–H groups in total. The minimum absolute atomic E-state index is 0.0118. The maximum atomic E-state index is 12.8. The number of fused-ring (bicyclic) bond motifs is 2. The monoisotopic (exact) mass is 303 g/mol. The van der Waals surface area contributed by atoms with E-state index in [1.165, 1.54) is 0 Å². The fourth-order valence-electron chi connectivity index (χ4n) is 3.48. The molecule has 0 saturated heterocycles. The van der Waals surface area contributed by atoms with Crippen LogP contribution in [-0.4, -0.2) is 10.4 Å². The van der Waals surface area contributed by atoms with Crippen molar-refractivity contribution in [3.63, 3.8) is 0 Å². The minimum Gasteiger partial charge on any atom is -0.311 e. The zero-order chi connectivity index (χ0) is 16.0. The van der Waals surface area contributed by atoms with E-state index in [4.69, 9.17) is 0 Å². The van der Waals surface area contributed by atoms with E-state index in [-0.39, 0.29) is 11.3 Å². The lowest BCUT2D eigenvalue weighted by Gasteiger charge is -2.12. The van der Waals surface area contributed by atoms with Crippen molar-refractivity contribution in [2.24, 2.45) is 0 Å². The second kappa shape index (κ2) is 5.20. The van der Waals surface area contributed by atoms with Crippen molar-refractivity contribution in [1.29, 1.82) is 0 Å². The second-order valence-electron chi connectivity index (χ2n) is 6.10. The molecule has 2 aromatic carbocycles. The molecule has 4 rings (SSSR count). The fourth-order valence-corrected chi connectivity index (χ4v) is 3.48. The highest BCUT2D eigenvalue weighted by molar-refractivity contribution is 5.97. The minimum atomic E-state index is 0.0118. The summed E-state index contributed by atoms with van der Waals surface area (Å²) < 4.78 is 1.78. The van der Waals surface area contributed by atoms with Gasteiger partial charge in [-0.25, -0.2) is 0 Å². The summed E-state index contributed by atoms with van der Waals surface area (Å²) in [5.41, 5.74) is 3.08. The zero-order valence-corrected chi connectivity index (χ0v) is 13.0. The highest BCUT2D eigenvalue weighted by atomic mass is 16.1. The van der Waals surface area contributed by atoms with Crippen molar-refractivity contribution in [3.8, 4) is 11.1 Å². The van der Waals surface area contributed by atoms with Gasteiger partial charge in [-0.2, -0.15) is 0 Å². The van der Waals surface area contributed by atoms with Crippen LogP contribution in [0.4, 0.5) is 0 Å². The van der Waals surface area contributed by atoms with Crippen LogP contribution < -0.4 is 5.56 Å². The number of carbonyl (C=O) groups is 1. The van der Waals surface area contributed by atoms with E-state index < -0.39 is 0 Å². The Morgan fingerprint density at radius 3 is 2.61 bits per heavy atom. The van der Waals surface area contributed by atoms with Crippen LogP contribution in [0.25, 0.3) is 21.9 Å². The molecule has 114 valence electrons. The summed E-state index contributed by atoms with van der Waals surface area (Å²) in [6.45, 7) is 2.28. The van der Waals surface area contributed by atoms with Crippen LogP contribution in [0.15, 0.2) is 53.3 Å². The van der Waals surface area contributed by atoms with Crippen molar-refractivity contribution in [3.05, 3.63) is 70.1 Å². The average Bonchev–Trinajstić information content (AvgIpc) is 3.04. The first-order valence-electron chi connectivity index (χ1n) is 7.92. The van der Waals surface area contributed by atoms with Crippen molar-refractivity contribution in [2.45, 2.75) is 26.3 Å². The molecule has 0 amide bonds. The highest BCUT2D eigenvalue weighted by Gasteiger charge is 2.21. The van der Waals surface area contributed by atoms with Gasteiger partial charge in [0.1, 0.15) is 0 Å². The van der Waals surface area contributed by atoms with E-state index >= 15 is 0 Å². The lowest BCUT2D eigenvalue weighted by molar-refractivity contribution is 0.101. The molecule has 0 saturated carbocycles. The van der Waals surface area contributed by atoms with Crippen molar-refractivity contribution in [1.82, 2.24) is 4.57 Å². The Hall–Kier alpha value is -2.68. The van der Waals surface area contributed by atoms with Gasteiger partial charge in [-0.15, -0.1) is 0 Å². The largest absolute Gasteiger partial charge is 0.311 e. The topological polar surface area (TPSA) is 39.1 Å². The summed E-state index contributed by atoms with van der Waals surface area (Å²) in [6, 6.07) is 15.9. The standard InChI is InChI=1S/C20H17NO2/c1-13(22)17-12-18(20(23)21-10-4-7-19(17)21)16-9-8-14-5-2-3-6-15(14)11-16/h2-3,5-6,8-9,11-12H,4,7,10H2,1H3. The fraction of sp³-hybridized carbons (Fsp3) is 0.200.